The van der Waals surface area contributed by atoms with Crippen molar-refractivity contribution in [2.24, 2.45) is 0 Å². The monoisotopic (exact) mass is 329 g/mol. The fraction of sp³-hybridized carbons (Fsp3) is 0.333. The summed E-state index contributed by atoms with van der Waals surface area (Å²) in [6.45, 7) is 0. The molecule has 3 rings (SSSR count). The van der Waals surface area contributed by atoms with Gasteiger partial charge in [0, 0.05) is 5.56 Å². The molecule has 5 heteroatoms. The zero-order chi connectivity index (χ0) is 16.2. The summed E-state index contributed by atoms with van der Waals surface area (Å²) in [7, 11) is 0. The minimum absolute atomic E-state index is 0.150. The van der Waals surface area contributed by atoms with E-state index in [-0.39, 0.29) is 10.8 Å². The van der Waals surface area contributed by atoms with Crippen molar-refractivity contribution < 1.29 is 14.7 Å². The number of aromatic carboxylic acids is 1. The average molecular weight is 329 g/mol. The summed E-state index contributed by atoms with van der Waals surface area (Å²) in [4.78, 5) is 23.5. The number of nitrogens with one attached hydrogen (secondary N) is 1. The normalized spacial score (nSPS) is 15.3. The van der Waals surface area contributed by atoms with Crippen molar-refractivity contribution >= 4 is 28.9 Å². The summed E-state index contributed by atoms with van der Waals surface area (Å²) in [5.41, 5.74) is 2.19. The lowest BCUT2D eigenvalue weighted by molar-refractivity contribution is 0.0703. The van der Waals surface area contributed by atoms with Crippen molar-refractivity contribution in [1.82, 2.24) is 0 Å². The highest BCUT2D eigenvalue weighted by atomic mass is 32.1. The predicted octanol–water partition coefficient (Wildman–Crippen LogP) is 4.75. The van der Waals surface area contributed by atoms with Crippen molar-refractivity contribution in [2.75, 3.05) is 5.32 Å². The van der Waals surface area contributed by atoms with Gasteiger partial charge in [0.05, 0.1) is 5.69 Å². The Hall–Kier alpha value is -2.14. The van der Waals surface area contributed by atoms with Gasteiger partial charge in [0.25, 0.3) is 5.91 Å². The van der Waals surface area contributed by atoms with Crippen LogP contribution < -0.4 is 5.32 Å². The Morgan fingerprint density at radius 1 is 1.04 bits per heavy atom. The lowest BCUT2D eigenvalue weighted by atomic mass is 9.84. The van der Waals surface area contributed by atoms with Gasteiger partial charge in [-0.05, 0) is 47.9 Å². The number of rotatable bonds is 4. The van der Waals surface area contributed by atoms with E-state index in [1.807, 2.05) is 24.3 Å². The SMILES string of the molecule is O=C(Nc1ccsc1C(=O)O)c1ccc(C2CCCCC2)cc1. The van der Waals surface area contributed by atoms with E-state index in [0.717, 1.165) is 11.3 Å². The highest BCUT2D eigenvalue weighted by molar-refractivity contribution is 7.12. The third-order valence-electron chi connectivity index (χ3n) is 4.36. The molecule has 0 atom stereocenters. The Kier molecular flexibility index (Phi) is 4.76. The second-order valence-corrected chi connectivity index (χ2v) is 6.80. The molecule has 1 aromatic heterocycles. The summed E-state index contributed by atoms with van der Waals surface area (Å²) in [5, 5.41) is 13.4. The molecule has 0 bridgehead atoms. The quantitative estimate of drug-likeness (QED) is 0.851. The van der Waals surface area contributed by atoms with Gasteiger partial charge in [0.2, 0.25) is 0 Å². The number of hydrogen-bond acceptors (Lipinski definition) is 3. The molecule has 4 nitrogen and oxygen atoms in total. The van der Waals surface area contributed by atoms with Crippen LogP contribution in [0.25, 0.3) is 0 Å². The van der Waals surface area contributed by atoms with Crippen molar-refractivity contribution in [2.45, 2.75) is 38.0 Å². The first-order valence-corrected chi connectivity index (χ1v) is 8.75. The number of thiophene rings is 1. The van der Waals surface area contributed by atoms with E-state index >= 15 is 0 Å². The topological polar surface area (TPSA) is 66.4 Å². The molecule has 0 aliphatic heterocycles. The van der Waals surface area contributed by atoms with E-state index in [1.165, 1.54) is 37.7 Å². The molecule has 1 amide bonds. The van der Waals surface area contributed by atoms with Gasteiger partial charge in [0.15, 0.2) is 0 Å². The molecule has 1 aliphatic carbocycles. The van der Waals surface area contributed by atoms with E-state index in [1.54, 1.807) is 11.4 Å². The maximum absolute atomic E-state index is 12.3. The molecule has 1 fully saturated rings. The van der Waals surface area contributed by atoms with Crippen molar-refractivity contribution in [1.29, 1.82) is 0 Å². The standard InChI is InChI=1S/C18H19NO3S/c20-17(19-15-10-11-23-16(15)18(21)22)14-8-6-13(7-9-14)12-4-2-1-3-5-12/h6-12H,1-5H2,(H,19,20)(H,21,22). The van der Waals surface area contributed by atoms with E-state index in [9.17, 15) is 9.59 Å². The number of amides is 1. The maximum atomic E-state index is 12.3. The molecule has 0 radical (unpaired) electrons. The molecule has 0 spiro atoms. The zero-order valence-electron chi connectivity index (χ0n) is 12.7. The van der Waals surface area contributed by atoms with Crippen LogP contribution in [0.4, 0.5) is 5.69 Å². The molecule has 1 aliphatic rings. The second kappa shape index (κ2) is 6.96. The van der Waals surface area contributed by atoms with Crippen LogP contribution >= 0.6 is 11.3 Å². The van der Waals surface area contributed by atoms with E-state index in [0.29, 0.717) is 17.2 Å². The van der Waals surface area contributed by atoms with Crippen LogP contribution in [-0.2, 0) is 0 Å². The van der Waals surface area contributed by atoms with E-state index in [2.05, 4.69) is 5.32 Å². The molecule has 1 saturated carbocycles. The summed E-state index contributed by atoms with van der Waals surface area (Å²) in [5.74, 6) is -0.694. The molecule has 2 aromatic rings. The highest BCUT2D eigenvalue weighted by Crippen LogP contribution is 2.32. The zero-order valence-corrected chi connectivity index (χ0v) is 13.6. The van der Waals surface area contributed by atoms with Gasteiger partial charge in [-0.2, -0.15) is 0 Å². The van der Waals surface area contributed by atoms with Crippen molar-refractivity contribution in [3.05, 3.63) is 51.7 Å². The number of anilines is 1. The molecular weight excluding hydrogens is 310 g/mol. The summed E-state index contributed by atoms with van der Waals surface area (Å²) in [6, 6.07) is 9.31. The Labute approximate surface area is 139 Å². The smallest absolute Gasteiger partial charge is 0.348 e. The minimum Gasteiger partial charge on any atom is -0.477 e. The molecule has 0 saturated heterocycles. The van der Waals surface area contributed by atoms with Crippen molar-refractivity contribution in [3.8, 4) is 0 Å². The number of carboxylic acid groups (broad SMARTS) is 1. The van der Waals surface area contributed by atoms with Gasteiger partial charge >= 0.3 is 5.97 Å². The Balaban J connectivity index is 1.70. The molecule has 120 valence electrons. The highest BCUT2D eigenvalue weighted by Gasteiger charge is 2.17. The van der Waals surface area contributed by atoms with Crippen LogP contribution in [0.1, 0.15) is 63.6 Å². The van der Waals surface area contributed by atoms with E-state index < -0.39 is 5.97 Å². The van der Waals surface area contributed by atoms with Crippen LogP contribution in [0.15, 0.2) is 35.7 Å². The number of carbonyl (C=O) groups is 2. The van der Waals surface area contributed by atoms with Gasteiger partial charge in [-0.15, -0.1) is 11.3 Å². The fourth-order valence-corrected chi connectivity index (χ4v) is 3.80. The summed E-state index contributed by atoms with van der Waals surface area (Å²) in [6.07, 6.45) is 6.33. The van der Waals surface area contributed by atoms with Crippen LogP contribution in [0, 0.1) is 0 Å². The number of hydrogen-bond donors (Lipinski definition) is 2. The van der Waals surface area contributed by atoms with Gasteiger partial charge in [-0.25, -0.2) is 4.79 Å². The number of carbonyl (C=O) groups excluding carboxylic acids is 1. The van der Waals surface area contributed by atoms with Crippen LogP contribution in [0.2, 0.25) is 0 Å². The van der Waals surface area contributed by atoms with Gasteiger partial charge < -0.3 is 10.4 Å². The van der Waals surface area contributed by atoms with Gasteiger partial charge in [0.1, 0.15) is 4.88 Å². The summed E-state index contributed by atoms with van der Waals surface area (Å²) < 4.78 is 0. The molecule has 1 heterocycles. The second-order valence-electron chi connectivity index (χ2n) is 5.88. The molecule has 0 unspecified atom stereocenters. The van der Waals surface area contributed by atoms with Crippen LogP contribution in [0.3, 0.4) is 0 Å². The third-order valence-corrected chi connectivity index (χ3v) is 5.26. The Bertz CT molecular complexity index is 699. The molecule has 1 aromatic carbocycles. The first-order chi connectivity index (χ1) is 11.1. The predicted molar refractivity (Wildman–Crippen MR) is 91.5 cm³/mol. The van der Waals surface area contributed by atoms with Crippen molar-refractivity contribution in [3.63, 3.8) is 0 Å². The first kappa shape index (κ1) is 15.7. The largest absolute Gasteiger partial charge is 0.477 e. The van der Waals surface area contributed by atoms with Gasteiger partial charge in [-0.3, -0.25) is 4.79 Å². The molecule has 2 N–H and O–H groups in total. The Morgan fingerprint density at radius 3 is 2.39 bits per heavy atom. The van der Waals surface area contributed by atoms with Crippen LogP contribution in [-0.4, -0.2) is 17.0 Å². The average Bonchev–Trinajstić information content (AvgIpc) is 3.04. The van der Waals surface area contributed by atoms with Gasteiger partial charge in [-0.1, -0.05) is 31.4 Å². The Morgan fingerprint density at radius 2 is 1.74 bits per heavy atom. The number of carboxylic acids is 1. The maximum Gasteiger partial charge on any atom is 0.348 e. The molecular formula is C18H19NO3S. The van der Waals surface area contributed by atoms with E-state index in [4.69, 9.17) is 5.11 Å². The minimum atomic E-state index is -1.03. The lowest BCUT2D eigenvalue weighted by Crippen LogP contribution is -2.13. The number of benzene rings is 1. The molecule has 23 heavy (non-hydrogen) atoms. The summed E-state index contributed by atoms with van der Waals surface area (Å²) >= 11 is 1.10. The first-order valence-electron chi connectivity index (χ1n) is 7.87. The van der Waals surface area contributed by atoms with Crippen LogP contribution in [0.5, 0.6) is 0 Å². The lowest BCUT2D eigenvalue weighted by Gasteiger charge is -2.22. The third kappa shape index (κ3) is 3.62. The fourth-order valence-electron chi connectivity index (χ4n) is 3.11.